The van der Waals surface area contributed by atoms with Gasteiger partial charge in [0.05, 0.1) is 16.1 Å². The summed E-state index contributed by atoms with van der Waals surface area (Å²) in [6, 6.07) is 6.02. The number of hydrogen-bond acceptors (Lipinski definition) is 4. The third kappa shape index (κ3) is 2.70. The van der Waals surface area contributed by atoms with Crippen LogP contribution in [0.5, 0.6) is 0 Å². The largest absolute Gasteiger partial charge is 0.417 e. The molecule has 6 nitrogen and oxygen atoms in total. The first-order valence-corrected chi connectivity index (χ1v) is 7.44. The number of H-pyrrole nitrogens is 1. The van der Waals surface area contributed by atoms with Gasteiger partial charge in [0.25, 0.3) is 10.0 Å². The number of oxazole rings is 1. The Morgan fingerprint density at radius 3 is 2.41 bits per heavy atom. The maximum Gasteiger partial charge on any atom is 0.417 e. The number of nitrogens with one attached hydrogen (secondary N) is 2. The lowest BCUT2D eigenvalue weighted by molar-refractivity contribution is 0.554. The molecule has 0 aliphatic carbocycles. The minimum atomic E-state index is -4.09. The second-order valence-electron chi connectivity index (χ2n) is 4.44. The second-order valence-corrected chi connectivity index (χ2v) is 6.12. The van der Waals surface area contributed by atoms with Gasteiger partial charge in [-0.1, -0.05) is 0 Å². The van der Waals surface area contributed by atoms with Gasteiger partial charge >= 0.3 is 5.76 Å². The van der Waals surface area contributed by atoms with Crippen molar-refractivity contribution in [3.8, 4) is 0 Å². The van der Waals surface area contributed by atoms with Crippen LogP contribution < -0.4 is 10.5 Å². The maximum atomic E-state index is 13.1. The van der Waals surface area contributed by atoms with Gasteiger partial charge in [0.1, 0.15) is 11.6 Å². The molecule has 0 amide bonds. The lowest BCUT2D eigenvalue weighted by Crippen LogP contribution is -2.13. The number of benzene rings is 2. The van der Waals surface area contributed by atoms with Crippen LogP contribution in [-0.2, 0) is 10.0 Å². The fraction of sp³-hybridized carbons (Fsp3) is 0. The quantitative estimate of drug-likeness (QED) is 0.772. The summed E-state index contributed by atoms with van der Waals surface area (Å²) in [5, 5.41) is 0. The van der Waals surface area contributed by atoms with Crippen LogP contribution in [-0.4, -0.2) is 13.4 Å². The summed E-state index contributed by atoms with van der Waals surface area (Å²) in [5.41, 5.74) is 0.132. The van der Waals surface area contributed by atoms with Crippen LogP contribution in [0.15, 0.2) is 50.5 Å². The standard InChI is InChI=1S/C13H8F2N2O4S/c14-7-3-8(15)5-9(4-7)17-22(19,20)10-1-2-11-12(6-10)21-13(18)16-11/h1-6,17H,(H,16,18). The van der Waals surface area contributed by atoms with Gasteiger partial charge in [0.15, 0.2) is 5.58 Å². The number of fused-ring (bicyclic) bond motifs is 1. The molecule has 9 heteroatoms. The fourth-order valence-electron chi connectivity index (χ4n) is 1.92. The summed E-state index contributed by atoms with van der Waals surface area (Å²) in [6.45, 7) is 0. The smallest absolute Gasteiger partial charge is 0.408 e. The SMILES string of the molecule is O=c1[nH]c2ccc(S(=O)(=O)Nc3cc(F)cc(F)c3)cc2o1. The molecule has 0 bridgehead atoms. The monoisotopic (exact) mass is 326 g/mol. The molecule has 0 fully saturated rings. The molecule has 0 spiro atoms. The topological polar surface area (TPSA) is 92.2 Å². The second kappa shape index (κ2) is 4.95. The highest BCUT2D eigenvalue weighted by Crippen LogP contribution is 2.21. The first-order valence-electron chi connectivity index (χ1n) is 5.95. The molecule has 1 aromatic heterocycles. The average molecular weight is 326 g/mol. The third-order valence-electron chi connectivity index (χ3n) is 2.82. The Morgan fingerprint density at radius 1 is 1.05 bits per heavy atom. The predicted octanol–water partition coefficient (Wildman–Crippen LogP) is 2.20. The van der Waals surface area contributed by atoms with Crippen LogP contribution in [0.25, 0.3) is 11.1 Å². The molecule has 0 atom stereocenters. The van der Waals surface area contributed by atoms with E-state index in [1.165, 1.54) is 12.1 Å². The van der Waals surface area contributed by atoms with Crippen LogP contribution >= 0.6 is 0 Å². The summed E-state index contributed by atoms with van der Waals surface area (Å²) in [4.78, 5) is 13.2. The minimum absolute atomic E-state index is 0.0540. The van der Waals surface area contributed by atoms with E-state index in [0.29, 0.717) is 11.6 Å². The van der Waals surface area contributed by atoms with Gasteiger partial charge in [-0.25, -0.2) is 22.0 Å². The molecule has 0 aliphatic heterocycles. The van der Waals surface area contributed by atoms with Gasteiger partial charge in [-0.15, -0.1) is 0 Å². The molecular weight excluding hydrogens is 318 g/mol. The van der Waals surface area contributed by atoms with Crippen LogP contribution in [0.1, 0.15) is 0 Å². The van der Waals surface area contributed by atoms with Crippen LogP contribution in [0.4, 0.5) is 14.5 Å². The molecule has 0 unspecified atom stereocenters. The summed E-state index contributed by atoms with van der Waals surface area (Å²) >= 11 is 0. The van der Waals surface area contributed by atoms with E-state index in [1.54, 1.807) is 0 Å². The zero-order valence-electron chi connectivity index (χ0n) is 10.8. The molecule has 3 rings (SSSR count). The van der Waals surface area contributed by atoms with E-state index in [4.69, 9.17) is 4.42 Å². The Labute approximate surface area is 122 Å². The molecule has 2 N–H and O–H groups in total. The Hall–Kier alpha value is -2.68. The summed E-state index contributed by atoms with van der Waals surface area (Å²) in [5.74, 6) is -2.54. The minimum Gasteiger partial charge on any atom is -0.408 e. The zero-order valence-corrected chi connectivity index (χ0v) is 11.6. The van der Waals surface area contributed by atoms with E-state index >= 15 is 0 Å². The molecule has 1 heterocycles. The van der Waals surface area contributed by atoms with Gasteiger partial charge in [-0.3, -0.25) is 9.71 Å². The van der Waals surface area contributed by atoms with Crippen molar-refractivity contribution in [2.75, 3.05) is 4.72 Å². The van der Waals surface area contributed by atoms with Crippen molar-refractivity contribution in [3.63, 3.8) is 0 Å². The number of aromatic nitrogens is 1. The van der Waals surface area contributed by atoms with E-state index in [2.05, 4.69) is 4.98 Å². The summed E-state index contributed by atoms with van der Waals surface area (Å²) < 4.78 is 57.4. The summed E-state index contributed by atoms with van der Waals surface area (Å²) in [6.07, 6.45) is 0. The molecule has 114 valence electrons. The molecular formula is C13H8F2N2O4S. The van der Waals surface area contributed by atoms with Crippen molar-refractivity contribution in [1.29, 1.82) is 0 Å². The molecule has 0 aliphatic rings. The fourth-order valence-corrected chi connectivity index (χ4v) is 2.98. The van der Waals surface area contributed by atoms with Gasteiger partial charge in [0.2, 0.25) is 0 Å². The van der Waals surface area contributed by atoms with Crippen molar-refractivity contribution in [1.82, 2.24) is 4.98 Å². The van der Waals surface area contributed by atoms with Gasteiger partial charge < -0.3 is 4.42 Å². The zero-order chi connectivity index (χ0) is 15.9. The van der Waals surface area contributed by atoms with Crippen molar-refractivity contribution >= 4 is 26.8 Å². The van der Waals surface area contributed by atoms with Crippen molar-refractivity contribution < 1.29 is 21.6 Å². The first-order chi connectivity index (χ1) is 10.3. The lowest BCUT2D eigenvalue weighted by atomic mass is 10.3. The molecule has 2 aromatic carbocycles. The number of rotatable bonds is 3. The van der Waals surface area contributed by atoms with Crippen LogP contribution in [0, 0.1) is 11.6 Å². The normalized spacial score (nSPS) is 11.7. The third-order valence-corrected chi connectivity index (χ3v) is 4.20. The highest BCUT2D eigenvalue weighted by Gasteiger charge is 2.17. The molecule has 0 saturated heterocycles. The van der Waals surface area contributed by atoms with E-state index in [9.17, 15) is 22.0 Å². The van der Waals surface area contributed by atoms with Crippen molar-refractivity contribution in [2.24, 2.45) is 0 Å². The van der Waals surface area contributed by atoms with Crippen LogP contribution in [0.3, 0.4) is 0 Å². The number of sulfonamides is 1. The number of hydrogen-bond donors (Lipinski definition) is 2. The van der Waals surface area contributed by atoms with Gasteiger partial charge in [0, 0.05) is 12.1 Å². The maximum absolute atomic E-state index is 13.1. The van der Waals surface area contributed by atoms with Gasteiger partial charge in [-0.2, -0.15) is 0 Å². The Morgan fingerprint density at radius 2 is 1.73 bits per heavy atom. The first kappa shape index (κ1) is 14.3. The number of anilines is 1. The number of halogens is 2. The van der Waals surface area contributed by atoms with E-state index < -0.39 is 27.4 Å². The highest BCUT2D eigenvalue weighted by molar-refractivity contribution is 7.92. The Kier molecular flexibility index (Phi) is 3.21. The van der Waals surface area contributed by atoms with E-state index in [1.807, 2.05) is 4.72 Å². The van der Waals surface area contributed by atoms with Crippen molar-refractivity contribution in [3.05, 3.63) is 58.6 Å². The molecule has 22 heavy (non-hydrogen) atoms. The van der Waals surface area contributed by atoms with E-state index in [-0.39, 0.29) is 16.2 Å². The Bertz CT molecular complexity index is 1000. The molecule has 0 saturated carbocycles. The molecule has 0 radical (unpaired) electrons. The van der Waals surface area contributed by atoms with Crippen LogP contribution in [0.2, 0.25) is 0 Å². The van der Waals surface area contributed by atoms with Crippen molar-refractivity contribution in [2.45, 2.75) is 4.90 Å². The van der Waals surface area contributed by atoms with Gasteiger partial charge in [-0.05, 0) is 24.3 Å². The summed E-state index contributed by atoms with van der Waals surface area (Å²) in [7, 11) is -4.09. The number of aromatic amines is 1. The van der Waals surface area contributed by atoms with E-state index in [0.717, 1.165) is 18.2 Å². The highest BCUT2D eigenvalue weighted by atomic mass is 32.2. The average Bonchev–Trinajstić information content (AvgIpc) is 2.75. The predicted molar refractivity (Wildman–Crippen MR) is 74.0 cm³/mol. The Balaban J connectivity index is 2.01. The lowest BCUT2D eigenvalue weighted by Gasteiger charge is -2.08. The molecule has 3 aromatic rings.